The first-order valence-electron chi connectivity index (χ1n) is 24.5. The summed E-state index contributed by atoms with van der Waals surface area (Å²) in [7, 11) is 0. The Kier molecular flexibility index (Phi) is 23.4. The second-order valence-corrected chi connectivity index (χ2v) is 19.4. The monoisotopic (exact) mass is 1230 g/mol. The van der Waals surface area contributed by atoms with Crippen LogP contribution < -0.4 is 45.4 Å². The third kappa shape index (κ3) is 17.9. The van der Waals surface area contributed by atoms with Gasteiger partial charge in [-0.3, -0.25) is 25.2 Å². The van der Waals surface area contributed by atoms with Gasteiger partial charge in [-0.1, -0.05) is 0 Å². The number of aromatic nitrogens is 4. The summed E-state index contributed by atoms with van der Waals surface area (Å²) < 4.78 is 104. The predicted octanol–water partition coefficient (Wildman–Crippen LogP) is 7.46. The van der Waals surface area contributed by atoms with Crippen molar-refractivity contribution >= 4 is 112 Å². The van der Waals surface area contributed by atoms with E-state index in [0.29, 0.717) is 74.7 Å². The number of carboxylic acid groups (broad SMARTS) is 1. The number of carboxylic acids is 1. The Balaban J connectivity index is 0.000000305. The van der Waals surface area contributed by atoms with Gasteiger partial charge >= 0.3 is 30.4 Å². The Morgan fingerprint density at radius 2 is 1.10 bits per heavy atom. The van der Waals surface area contributed by atoms with Crippen molar-refractivity contribution < 1.29 is 79.0 Å². The highest BCUT2D eigenvalue weighted by atomic mass is 32.1. The number of amides is 4. The van der Waals surface area contributed by atoms with Crippen molar-refractivity contribution in [2.45, 2.75) is 102 Å². The number of carbonyl (C=O) groups is 4. The summed E-state index contributed by atoms with van der Waals surface area (Å²) >= 11 is 0. The average molecular weight is 1230 g/mol. The van der Waals surface area contributed by atoms with Crippen LogP contribution in [0.1, 0.15) is 74.4 Å². The lowest BCUT2D eigenvalue weighted by molar-refractivity contribution is -0.141. The molecule has 6 aliphatic heterocycles. The molecular formula is C49H65F6N11O11S4. The number of nitrogens with two attached hydrogens (primary N) is 1. The van der Waals surface area contributed by atoms with Crippen molar-refractivity contribution in [1.29, 1.82) is 0 Å². The summed E-state index contributed by atoms with van der Waals surface area (Å²) in [5, 5.41) is 14.9. The summed E-state index contributed by atoms with van der Waals surface area (Å²) in [4.78, 5) is 74.7. The Hall–Kier alpha value is -5.74. The number of anilines is 6. The Morgan fingerprint density at radius 3 is 1.48 bits per heavy atom. The van der Waals surface area contributed by atoms with Gasteiger partial charge in [0.1, 0.15) is 54.3 Å². The van der Waals surface area contributed by atoms with Crippen LogP contribution in [-0.4, -0.2) is 156 Å². The van der Waals surface area contributed by atoms with Crippen molar-refractivity contribution in [3.05, 3.63) is 72.3 Å². The minimum Gasteiger partial charge on any atom is -0.491 e. The zero-order chi connectivity index (χ0) is 55.5. The van der Waals surface area contributed by atoms with Crippen molar-refractivity contribution in [2.24, 2.45) is 5.73 Å². The van der Waals surface area contributed by atoms with Crippen LogP contribution in [0.15, 0.2) is 60.9 Å². The Bertz CT molecular complexity index is 2830. The predicted molar refractivity (Wildman–Crippen MR) is 305 cm³/mol. The Labute approximate surface area is 489 Å². The number of ketones is 1. The average Bonchev–Trinajstić information content (AvgIpc) is 4.19. The number of hydrogen-bond donors (Lipinski definition) is 4. The van der Waals surface area contributed by atoms with Crippen LogP contribution in [-0.2, 0) is 18.9 Å². The van der Waals surface area contributed by atoms with Gasteiger partial charge in [0.2, 0.25) is 0 Å². The number of ether oxygens (including phenoxy) is 6. The molecule has 32 heteroatoms. The molecule has 0 aromatic carbocycles. The number of Topliss-reactive ketones (excluding diaryl/α,β-unsaturated/α-hetero) is 1. The molecule has 10 rings (SSSR count). The second-order valence-electron chi connectivity index (χ2n) is 19.4. The number of aromatic carboxylic acids is 1. The molecule has 0 saturated carbocycles. The van der Waals surface area contributed by atoms with E-state index < -0.39 is 67.1 Å². The molecule has 4 saturated heterocycles. The highest BCUT2D eigenvalue weighted by Crippen LogP contribution is 2.41. The molecule has 81 heavy (non-hydrogen) atoms. The van der Waals surface area contributed by atoms with Gasteiger partial charge in [0.15, 0.2) is 34.7 Å². The van der Waals surface area contributed by atoms with Crippen LogP contribution in [0.2, 0.25) is 0 Å². The molecule has 10 heterocycles. The molecule has 4 aromatic heterocycles. The van der Waals surface area contributed by atoms with Gasteiger partial charge in [-0.2, -0.15) is 80.3 Å². The highest BCUT2D eigenvalue weighted by molar-refractivity contribution is 7.59. The summed E-state index contributed by atoms with van der Waals surface area (Å²) in [6, 6.07) is 11.5. The number of rotatable bonds is 12. The fourth-order valence-corrected chi connectivity index (χ4v) is 9.15. The van der Waals surface area contributed by atoms with Crippen molar-refractivity contribution in [3.8, 4) is 11.5 Å². The molecule has 4 amide bonds. The van der Waals surface area contributed by atoms with Gasteiger partial charge in [0.25, 0.3) is 0 Å². The number of hydrogen-bond acceptors (Lipinski definition) is 17. The van der Waals surface area contributed by atoms with Crippen LogP contribution in [0.4, 0.5) is 70.6 Å². The molecule has 448 valence electrons. The van der Waals surface area contributed by atoms with E-state index in [9.17, 15) is 50.6 Å². The third-order valence-electron chi connectivity index (χ3n) is 12.7. The van der Waals surface area contributed by atoms with Crippen LogP contribution in [0.5, 0.6) is 11.5 Å². The molecule has 0 spiro atoms. The molecule has 5 N–H and O–H groups in total. The number of pyridine rings is 4. The molecule has 0 radical (unpaired) electrons. The maximum Gasteiger partial charge on any atom is 0.400 e. The minimum absolute atomic E-state index is 0. The SMILES string of the molecule is CC1(C)OC[C@H](COc2ccnc(NC(=O)N3c4nc(C(=O)CCC(F)(F)F)ccc4N4CC[C@H]3C4)c2)O1.CC1(C)OC[C@H](COc2ccnc(NC(=O)N3c4nc(C(=O)O)ccc4N4CC[C@H]3C4)c2)O1.NCC(F)(F)F.S.S.S.S. The van der Waals surface area contributed by atoms with Gasteiger partial charge in [0.05, 0.1) is 49.6 Å². The number of halogens is 6. The number of urea groups is 2. The van der Waals surface area contributed by atoms with E-state index in [2.05, 4.69) is 41.2 Å². The standard InChI is InChI=1S/C25H28F3N5O5.C22H25N5O6.C2H4F3N.4H2S/c1-24(2)37-14-17(38-24)13-36-16-6-9-29-21(11-16)31-23(35)33-15-7-10-32(12-15)19-4-3-18(30-22(19)33)20(34)5-8-25(26,27)28;1-22(2)32-12-15(33-22)11-31-14-5-7-23-18(9-14)25-21(30)27-13-6-8-26(10-13)17-4-3-16(20(28)29)24-19(17)27;3-2(4,5)1-6;;;;/h3-4,6,9,11,15,17H,5,7-8,10,12-14H2,1-2H3,(H,29,31,35);3-5,7,9,13,15H,6,8,10-12H2,1-2H3,(H,28,29)(H,23,25,30);1,6H2;4*1H2/t15-,17-;13-,15-;;;;;/m00...../s1. The normalized spacial score (nSPS) is 20.4. The van der Waals surface area contributed by atoms with Crippen LogP contribution in [0.3, 0.4) is 0 Å². The number of fused-ring (bicyclic) bond motifs is 8. The first kappa shape index (κ1) is 67.8. The lowest BCUT2D eigenvalue weighted by Gasteiger charge is -2.35. The Morgan fingerprint density at radius 1 is 0.679 bits per heavy atom. The van der Waals surface area contributed by atoms with Gasteiger partial charge < -0.3 is 49.1 Å². The smallest absolute Gasteiger partial charge is 0.400 e. The molecule has 0 aliphatic carbocycles. The summed E-state index contributed by atoms with van der Waals surface area (Å²) in [6.07, 6.45) is -6.49. The maximum absolute atomic E-state index is 13.4. The van der Waals surface area contributed by atoms with Crippen molar-refractivity contribution in [3.63, 3.8) is 0 Å². The molecule has 6 aliphatic rings. The summed E-state index contributed by atoms with van der Waals surface area (Å²) in [5.74, 6) is -1.01. The molecular weight excluding hydrogens is 1160 g/mol. The molecule has 4 aromatic rings. The molecule has 4 atom stereocenters. The number of alkyl halides is 6. The number of nitrogens with zero attached hydrogens (tertiary/aromatic N) is 8. The van der Waals surface area contributed by atoms with Crippen molar-refractivity contribution in [2.75, 3.05) is 89.4 Å². The van der Waals surface area contributed by atoms with Gasteiger partial charge in [-0.15, -0.1) is 0 Å². The molecule has 4 fully saturated rings. The number of nitrogens with one attached hydrogen (secondary N) is 2. The summed E-state index contributed by atoms with van der Waals surface area (Å²) in [5.41, 5.74) is 5.36. The van der Waals surface area contributed by atoms with E-state index in [-0.39, 0.29) is 108 Å². The largest absolute Gasteiger partial charge is 0.491 e. The fourth-order valence-electron chi connectivity index (χ4n) is 9.15. The van der Waals surface area contributed by atoms with E-state index >= 15 is 0 Å². The lowest BCUT2D eigenvalue weighted by Crippen LogP contribution is -2.48. The molecule has 0 unspecified atom stereocenters. The van der Waals surface area contributed by atoms with Crippen LogP contribution >= 0.6 is 54.0 Å². The van der Waals surface area contributed by atoms with Gasteiger partial charge in [-0.25, -0.2) is 34.3 Å². The van der Waals surface area contributed by atoms with Gasteiger partial charge in [-0.05, 0) is 76.9 Å². The van der Waals surface area contributed by atoms with E-state index in [1.165, 1.54) is 28.1 Å². The van der Waals surface area contributed by atoms with E-state index in [1.54, 1.807) is 42.6 Å². The fraction of sp³-hybridized carbons (Fsp3) is 0.510. The zero-order valence-electron chi connectivity index (χ0n) is 44.2. The highest BCUT2D eigenvalue weighted by Gasteiger charge is 2.43. The van der Waals surface area contributed by atoms with Crippen LogP contribution in [0, 0.1) is 0 Å². The third-order valence-corrected chi connectivity index (χ3v) is 12.7. The first-order valence-corrected chi connectivity index (χ1v) is 24.5. The van der Waals surface area contributed by atoms with Crippen molar-refractivity contribution in [1.82, 2.24) is 19.9 Å². The van der Waals surface area contributed by atoms with Gasteiger partial charge in [0, 0.05) is 57.1 Å². The zero-order valence-corrected chi connectivity index (χ0v) is 48.2. The summed E-state index contributed by atoms with van der Waals surface area (Å²) in [6.45, 7) is 10.3. The minimum atomic E-state index is -4.44. The molecule has 4 bridgehead atoms. The van der Waals surface area contributed by atoms with E-state index in [1.807, 2.05) is 32.6 Å². The maximum atomic E-state index is 13.4. The number of carbonyl (C=O) groups excluding carboxylic acids is 3. The van der Waals surface area contributed by atoms with E-state index in [0.717, 1.165) is 18.7 Å². The second kappa shape index (κ2) is 28.0. The van der Waals surface area contributed by atoms with Crippen LogP contribution in [0.25, 0.3) is 0 Å². The lowest BCUT2D eigenvalue weighted by atomic mass is 10.1. The molecule has 22 nitrogen and oxygen atoms in total. The van der Waals surface area contributed by atoms with E-state index in [4.69, 9.17) is 28.4 Å². The topological polar surface area (TPSA) is 258 Å². The first-order chi connectivity index (χ1) is 36.3. The quantitative estimate of drug-likeness (QED) is 0.0793.